The molecule has 6 nitrogen and oxygen atoms in total. The van der Waals surface area contributed by atoms with Gasteiger partial charge in [0.15, 0.2) is 0 Å². The molecule has 0 aliphatic carbocycles. The number of nitrogens with zero attached hydrogens (tertiary/aromatic N) is 4. The van der Waals surface area contributed by atoms with E-state index in [9.17, 15) is 0 Å². The molecule has 0 amide bonds. The first-order valence-electron chi connectivity index (χ1n) is 18.7. The molecule has 262 valence electrons. The van der Waals surface area contributed by atoms with Gasteiger partial charge in [-0.15, -0.1) is 10.2 Å². The van der Waals surface area contributed by atoms with Crippen LogP contribution in [0.4, 0.5) is 17.1 Å². The first-order valence-corrected chi connectivity index (χ1v) is 18.7. The van der Waals surface area contributed by atoms with Crippen molar-refractivity contribution in [2.75, 3.05) is 4.90 Å². The molecule has 6 heteroatoms. The van der Waals surface area contributed by atoms with E-state index in [2.05, 4.69) is 149 Å². The summed E-state index contributed by atoms with van der Waals surface area (Å²) < 4.78 is 12.5. The predicted octanol–water partition coefficient (Wildman–Crippen LogP) is 13.7. The molecule has 0 fully saturated rings. The lowest BCUT2D eigenvalue weighted by molar-refractivity contribution is 0.669. The molecule has 9 aromatic carbocycles. The van der Waals surface area contributed by atoms with Gasteiger partial charge in [0.1, 0.15) is 33.4 Å². The van der Waals surface area contributed by atoms with E-state index in [-0.39, 0.29) is 0 Å². The van der Waals surface area contributed by atoms with Crippen molar-refractivity contribution in [1.82, 2.24) is 15.0 Å². The van der Waals surface area contributed by atoms with E-state index >= 15 is 0 Å². The zero-order chi connectivity index (χ0) is 36.7. The van der Waals surface area contributed by atoms with Gasteiger partial charge in [-0.25, -0.2) is 0 Å². The maximum Gasteiger partial charge on any atom is 0.136 e. The van der Waals surface area contributed by atoms with Crippen molar-refractivity contribution in [1.29, 1.82) is 0 Å². The number of furan rings is 2. The molecule has 0 unspecified atom stereocenters. The summed E-state index contributed by atoms with van der Waals surface area (Å²) in [6.07, 6.45) is 0. The molecule has 12 rings (SSSR count). The second-order valence-electron chi connectivity index (χ2n) is 14.4. The highest BCUT2D eigenvalue weighted by Gasteiger charge is 2.17. The van der Waals surface area contributed by atoms with Crippen molar-refractivity contribution in [2.24, 2.45) is 0 Å². The van der Waals surface area contributed by atoms with Gasteiger partial charge in [0.25, 0.3) is 0 Å². The molecular weight excluding hydrogens is 689 g/mol. The summed E-state index contributed by atoms with van der Waals surface area (Å²) in [6.45, 7) is 0. The van der Waals surface area contributed by atoms with Gasteiger partial charge in [-0.2, -0.15) is 4.80 Å². The second-order valence-corrected chi connectivity index (χ2v) is 14.4. The van der Waals surface area contributed by atoms with Crippen LogP contribution < -0.4 is 4.90 Å². The van der Waals surface area contributed by atoms with Gasteiger partial charge in [0, 0.05) is 38.6 Å². The molecular formula is C50H30N4O2. The molecule has 0 spiro atoms. The lowest BCUT2D eigenvalue weighted by Gasteiger charge is -2.26. The molecule has 0 radical (unpaired) electrons. The van der Waals surface area contributed by atoms with Crippen LogP contribution in [0.15, 0.2) is 191 Å². The highest BCUT2D eigenvalue weighted by molar-refractivity contribution is 6.12. The fourth-order valence-electron chi connectivity index (χ4n) is 8.20. The van der Waals surface area contributed by atoms with Gasteiger partial charge in [0.2, 0.25) is 0 Å². The van der Waals surface area contributed by atoms with Gasteiger partial charge in [0.05, 0.1) is 5.69 Å². The average molecular weight is 719 g/mol. The Morgan fingerprint density at radius 3 is 1.36 bits per heavy atom. The first kappa shape index (κ1) is 30.7. The molecule has 0 atom stereocenters. The van der Waals surface area contributed by atoms with E-state index < -0.39 is 0 Å². The summed E-state index contributed by atoms with van der Waals surface area (Å²) in [5, 5.41) is 18.3. The highest BCUT2D eigenvalue weighted by Crippen LogP contribution is 2.41. The lowest BCUT2D eigenvalue weighted by Crippen LogP contribution is -2.10. The van der Waals surface area contributed by atoms with Crippen molar-refractivity contribution in [3.8, 4) is 16.8 Å². The van der Waals surface area contributed by atoms with Gasteiger partial charge < -0.3 is 13.7 Å². The third-order valence-electron chi connectivity index (χ3n) is 11.0. The van der Waals surface area contributed by atoms with Crippen LogP contribution in [0.2, 0.25) is 0 Å². The smallest absolute Gasteiger partial charge is 0.136 e. The van der Waals surface area contributed by atoms with Crippen molar-refractivity contribution in [2.45, 2.75) is 0 Å². The Balaban J connectivity index is 0.972. The first-order chi connectivity index (χ1) is 27.7. The maximum absolute atomic E-state index is 6.23. The normalized spacial score (nSPS) is 11.9. The fraction of sp³-hybridized carbons (Fsp3) is 0. The minimum Gasteiger partial charge on any atom is -0.456 e. The summed E-state index contributed by atoms with van der Waals surface area (Å²) >= 11 is 0. The van der Waals surface area contributed by atoms with E-state index in [0.29, 0.717) is 0 Å². The predicted molar refractivity (Wildman–Crippen MR) is 229 cm³/mol. The van der Waals surface area contributed by atoms with Crippen LogP contribution in [0.25, 0.3) is 93.3 Å². The van der Waals surface area contributed by atoms with E-state index in [1.807, 2.05) is 48.5 Å². The van der Waals surface area contributed by atoms with E-state index in [4.69, 9.17) is 8.83 Å². The van der Waals surface area contributed by atoms with Crippen LogP contribution in [-0.4, -0.2) is 15.0 Å². The average Bonchev–Trinajstić information content (AvgIpc) is 3.95. The zero-order valence-corrected chi connectivity index (χ0v) is 29.9. The SMILES string of the molecule is c1ccc2nn(-c3ccc(-c4ccc(N(c5ccc6cc7oc8ccccc8c7cc6c5)c5ccc6cc7oc8ccccc8c7cc6c5)cc4)cc3)nc2c1. The second kappa shape index (κ2) is 11.9. The molecule has 3 heterocycles. The molecule has 3 aromatic heterocycles. The van der Waals surface area contributed by atoms with Gasteiger partial charge in [-0.3, -0.25) is 0 Å². The number of hydrogen-bond donors (Lipinski definition) is 0. The quantitative estimate of drug-likeness (QED) is 0.177. The Morgan fingerprint density at radius 2 is 0.821 bits per heavy atom. The van der Waals surface area contributed by atoms with Gasteiger partial charge in [-0.05, 0) is 130 Å². The molecule has 0 aliphatic heterocycles. The Morgan fingerprint density at radius 1 is 0.357 bits per heavy atom. The maximum atomic E-state index is 6.23. The zero-order valence-electron chi connectivity index (χ0n) is 29.9. The van der Waals surface area contributed by atoms with Gasteiger partial charge in [-0.1, -0.05) is 84.9 Å². The van der Waals surface area contributed by atoms with Gasteiger partial charge >= 0.3 is 0 Å². The summed E-state index contributed by atoms with van der Waals surface area (Å²) in [4.78, 5) is 4.04. The molecule has 0 N–H and O–H groups in total. The summed E-state index contributed by atoms with van der Waals surface area (Å²) in [5.74, 6) is 0. The minimum absolute atomic E-state index is 0.876. The number of rotatable bonds is 5. The van der Waals surface area contributed by atoms with E-state index in [1.165, 1.54) is 0 Å². The summed E-state index contributed by atoms with van der Waals surface area (Å²) in [5.41, 5.74) is 11.7. The van der Waals surface area contributed by atoms with Crippen LogP contribution in [0.3, 0.4) is 0 Å². The van der Waals surface area contributed by atoms with E-state index in [0.717, 1.165) is 110 Å². The number of para-hydroxylation sites is 2. The monoisotopic (exact) mass is 718 g/mol. The van der Waals surface area contributed by atoms with Crippen molar-refractivity contribution < 1.29 is 8.83 Å². The molecule has 0 bridgehead atoms. The van der Waals surface area contributed by atoms with Crippen LogP contribution in [0.5, 0.6) is 0 Å². The van der Waals surface area contributed by atoms with Crippen molar-refractivity contribution >= 4 is 93.5 Å². The molecule has 0 saturated carbocycles. The molecule has 0 aliphatic rings. The highest BCUT2D eigenvalue weighted by atomic mass is 16.3. The van der Waals surface area contributed by atoms with Crippen LogP contribution in [0, 0.1) is 0 Å². The minimum atomic E-state index is 0.876. The molecule has 12 aromatic rings. The Labute approximate surface area is 320 Å². The standard InChI is InChI=1S/C50H30N4O2/c1-5-11-47-41(7-1)43-27-35-25-39(23-17-33(35)29-49(43)55-47)53(40-24-18-34-30-50-44(28-36(34)26-40)42-8-2-6-12-48(42)56-50)37-19-13-31(14-20-37)32-15-21-38(22-16-32)54-51-45-9-3-4-10-46(45)52-54/h1-30H. The lowest BCUT2D eigenvalue weighted by atomic mass is 10.0. The number of benzene rings is 9. The van der Waals surface area contributed by atoms with E-state index in [1.54, 1.807) is 4.80 Å². The number of fused-ring (bicyclic) bond motifs is 9. The van der Waals surface area contributed by atoms with Crippen LogP contribution in [0.1, 0.15) is 0 Å². The molecule has 56 heavy (non-hydrogen) atoms. The third-order valence-corrected chi connectivity index (χ3v) is 11.0. The Hall–Kier alpha value is -7.70. The van der Waals surface area contributed by atoms with Crippen molar-refractivity contribution in [3.05, 3.63) is 182 Å². The third kappa shape index (κ3) is 4.90. The largest absolute Gasteiger partial charge is 0.456 e. The molecule has 0 saturated heterocycles. The Kier molecular flexibility index (Phi) is 6.53. The number of hydrogen-bond acceptors (Lipinski definition) is 5. The van der Waals surface area contributed by atoms with Crippen molar-refractivity contribution in [3.63, 3.8) is 0 Å². The number of anilines is 3. The fourth-order valence-corrected chi connectivity index (χ4v) is 8.20. The number of aromatic nitrogens is 3. The summed E-state index contributed by atoms with van der Waals surface area (Å²) in [7, 11) is 0. The van der Waals surface area contributed by atoms with Crippen LogP contribution >= 0.6 is 0 Å². The van der Waals surface area contributed by atoms with Crippen LogP contribution in [-0.2, 0) is 0 Å². The topological polar surface area (TPSA) is 60.2 Å². The summed E-state index contributed by atoms with van der Waals surface area (Å²) in [6, 6.07) is 63.8. The Bertz CT molecular complexity index is 3300.